The zero-order valence-corrected chi connectivity index (χ0v) is 13.1. The largest absolute Gasteiger partial charge is 0.384 e. The van der Waals surface area contributed by atoms with Crippen molar-refractivity contribution < 1.29 is 9.53 Å². The minimum Gasteiger partial charge on any atom is -0.384 e. The summed E-state index contributed by atoms with van der Waals surface area (Å²) in [6.07, 6.45) is 5.21. The summed E-state index contributed by atoms with van der Waals surface area (Å²) < 4.78 is 5.04. The molecule has 0 aromatic rings. The first-order chi connectivity index (χ1) is 9.17. The number of hydrogen-bond donors (Lipinski definition) is 2. The third-order valence-corrected chi connectivity index (χ3v) is 4.97. The molecule has 1 fully saturated rings. The van der Waals surface area contributed by atoms with Crippen LogP contribution < -0.4 is 11.1 Å². The molecule has 112 valence electrons. The summed E-state index contributed by atoms with van der Waals surface area (Å²) in [6.45, 7) is 3.78. The van der Waals surface area contributed by atoms with E-state index in [0.717, 1.165) is 56.8 Å². The average Bonchev–Trinajstić information content (AvgIpc) is 2.80. The molecule has 19 heavy (non-hydrogen) atoms. The van der Waals surface area contributed by atoms with Gasteiger partial charge in [-0.2, -0.15) is 11.8 Å². The summed E-state index contributed by atoms with van der Waals surface area (Å²) in [6, 6.07) is 0. The fourth-order valence-electron chi connectivity index (χ4n) is 2.93. The van der Waals surface area contributed by atoms with Crippen molar-refractivity contribution in [3.05, 3.63) is 0 Å². The van der Waals surface area contributed by atoms with Crippen LogP contribution in [-0.4, -0.2) is 43.2 Å². The quantitative estimate of drug-likeness (QED) is 0.602. The van der Waals surface area contributed by atoms with E-state index in [9.17, 15) is 4.79 Å². The molecule has 0 bridgehead atoms. The number of ether oxygens (including phenoxy) is 1. The van der Waals surface area contributed by atoms with Crippen LogP contribution in [0.3, 0.4) is 0 Å². The van der Waals surface area contributed by atoms with E-state index in [2.05, 4.69) is 12.2 Å². The summed E-state index contributed by atoms with van der Waals surface area (Å²) in [5.41, 5.74) is 5.24. The Morgan fingerprint density at radius 1 is 1.53 bits per heavy atom. The van der Waals surface area contributed by atoms with E-state index in [-0.39, 0.29) is 5.91 Å². The van der Waals surface area contributed by atoms with Gasteiger partial charge in [-0.05, 0) is 43.9 Å². The van der Waals surface area contributed by atoms with E-state index in [1.165, 1.54) is 0 Å². The van der Waals surface area contributed by atoms with Crippen molar-refractivity contribution in [3.8, 4) is 0 Å². The minimum atomic E-state index is -0.447. The summed E-state index contributed by atoms with van der Waals surface area (Å²) in [7, 11) is 1.73. The average molecular weight is 288 g/mol. The van der Waals surface area contributed by atoms with Gasteiger partial charge in [0.15, 0.2) is 0 Å². The van der Waals surface area contributed by atoms with Gasteiger partial charge < -0.3 is 15.8 Å². The van der Waals surface area contributed by atoms with Crippen LogP contribution in [0.2, 0.25) is 0 Å². The van der Waals surface area contributed by atoms with Gasteiger partial charge in [0.25, 0.3) is 0 Å². The Labute approximate surface area is 121 Å². The molecule has 5 heteroatoms. The Bertz CT molecular complexity index is 276. The molecule has 4 nitrogen and oxygen atoms in total. The second kappa shape index (κ2) is 8.82. The number of primary amides is 1. The van der Waals surface area contributed by atoms with E-state index < -0.39 is 5.54 Å². The summed E-state index contributed by atoms with van der Waals surface area (Å²) in [4.78, 5) is 11.9. The highest BCUT2D eigenvalue weighted by Crippen LogP contribution is 2.38. The molecule has 2 atom stereocenters. The van der Waals surface area contributed by atoms with Crippen molar-refractivity contribution in [2.45, 2.75) is 44.6 Å². The molecule has 2 unspecified atom stereocenters. The van der Waals surface area contributed by atoms with Crippen LogP contribution in [-0.2, 0) is 9.53 Å². The molecule has 1 rings (SSSR count). The highest BCUT2D eigenvalue weighted by atomic mass is 32.2. The first kappa shape index (κ1) is 16.8. The first-order valence-corrected chi connectivity index (χ1v) is 8.44. The molecule has 1 aliphatic rings. The van der Waals surface area contributed by atoms with Crippen molar-refractivity contribution in [3.63, 3.8) is 0 Å². The van der Waals surface area contributed by atoms with Crippen LogP contribution >= 0.6 is 11.8 Å². The Balaban J connectivity index is 2.46. The minimum absolute atomic E-state index is 0.162. The van der Waals surface area contributed by atoms with Gasteiger partial charge >= 0.3 is 0 Å². The summed E-state index contributed by atoms with van der Waals surface area (Å²) in [5, 5.41) is 3.44. The van der Waals surface area contributed by atoms with Gasteiger partial charge in [-0.25, -0.2) is 0 Å². The van der Waals surface area contributed by atoms with E-state index in [0.29, 0.717) is 5.92 Å². The van der Waals surface area contributed by atoms with Gasteiger partial charge in [-0.3, -0.25) is 4.79 Å². The van der Waals surface area contributed by atoms with Crippen LogP contribution in [0, 0.1) is 5.92 Å². The maximum Gasteiger partial charge on any atom is 0.238 e. The molecule has 0 radical (unpaired) electrons. The molecule has 0 aromatic carbocycles. The number of hydrogen-bond acceptors (Lipinski definition) is 4. The fraction of sp³-hybridized carbons (Fsp3) is 0.929. The molecule has 0 spiro atoms. The van der Waals surface area contributed by atoms with Gasteiger partial charge in [0, 0.05) is 12.9 Å². The van der Waals surface area contributed by atoms with Gasteiger partial charge in [0.05, 0.1) is 6.61 Å². The van der Waals surface area contributed by atoms with E-state index in [1.807, 2.05) is 11.8 Å². The third-order valence-electron chi connectivity index (χ3n) is 3.99. The zero-order chi connectivity index (χ0) is 14.1. The van der Waals surface area contributed by atoms with E-state index >= 15 is 0 Å². The van der Waals surface area contributed by atoms with Crippen LogP contribution in [0.25, 0.3) is 0 Å². The normalized spacial score (nSPS) is 26.7. The number of methoxy groups -OCH3 is 1. The Kier molecular flexibility index (Phi) is 7.80. The van der Waals surface area contributed by atoms with Crippen molar-refractivity contribution in [2.75, 3.05) is 31.8 Å². The lowest BCUT2D eigenvalue weighted by Crippen LogP contribution is -2.58. The second-order valence-electron chi connectivity index (χ2n) is 5.25. The lowest BCUT2D eigenvalue weighted by atomic mass is 9.84. The smallest absolute Gasteiger partial charge is 0.238 e. The van der Waals surface area contributed by atoms with Gasteiger partial charge in [0.2, 0.25) is 5.91 Å². The first-order valence-electron chi connectivity index (χ1n) is 7.29. The third kappa shape index (κ3) is 4.65. The van der Waals surface area contributed by atoms with Gasteiger partial charge in [0.1, 0.15) is 5.54 Å². The summed E-state index contributed by atoms with van der Waals surface area (Å²) >= 11 is 1.90. The molecule has 1 aliphatic carbocycles. The topological polar surface area (TPSA) is 64.3 Å². The number of nitrogens with two attached hydrogens (primary N) is 1. The van der Waals surface area contributed by atoms with Crippen LogP contribution in [0.1, 0.15) is 39.0 Å². The van der Waals surface area contributed by atoms with Crippen LogP contribution in [0.4, 0.5) is 0 Å². The number of carbonyl (C=O) groups is 1. The lowest BCUT2D eigenvalue weighted by molar-refractivity contribution is -0.126. The number of rotatable bonds is 10. The SMILES string of the molecule is CCCNC1(C(N)=O)CCCC1CCSCCOC. The molecular weight excluding hydrogens is 260 g/mol. The van der Waals surface area contributed by atoms with Crippen molar-refractivity contribution in [2.24, 2.45) is 11.7 Å². The van der Waals surface area contributed by atoms with Crippen LogP contribution in [0.15, 0.2) is 0 Å². The molecule has 3 N–H and O–H groups in total. The Morgan fingerprint density at radius 3 is 2.95 bits per heavy atom. The molecular formula is C14H28N2O2S. The molecule has 0 aromatic heterocycles. The standard InChI is InChI=1S/C14H28N2O2S/c1-3-8-16-14(13(15)17)7-4-5-12(14)6-10-19-11-9-18-2/h12,16H,3-11H2,1-2H3,(H2,15,17). The van der Waals surface area contributed by atoms with Gasteiger partial charge in [-0.15, -0.1) is 0 Å². The molecule has 0 aliphatic heterocycles. The van der Waals surface area contributed by atoms with Crippen LogP contribution in [0.5, 0.6) is 0 Å². The predicted molar refractivity (Wildman–Crippen MR) is 81.4 cm³/mol. The second-order valence-corrected chi connectivity index (χ2v) is 6.47. The lowest BCUT2D eigenvalue weighted by Gasteiger charge is -2.33. The highest BCUT2D eigenvalue weighted by Gasteiger charge is 2.46. The number of carbonyl (C=O) groups excluding carboxylic acids is 1. The fourth-order valence-corrected chi connectivity index (χ4v) is 3.87. The number of thioether (sulfide) groups is 1. The van der Waals surface area contributed by atoms with Crippen molar-refractivity contribution in [1.29, 1.82) is 0 Å². The van der Waals surface area contributed by atoms with Gasteiger partial charge in [-0.1, -0.05) is 13.3 Å². The maximum atomic E-state index is 11.9. The predicted octanol–water partition coefficient (Wildman–Crippen LogP) is 1.78. The van der Waals surface area contributed by atoms with E-state index in [1.54, 1.807) is 7.11 Å². The molecule has 0 heterocycles. The molecule has 0 saturated heterocycles. The zero-order valence-electron chi connectivity index (χ0n) is 12.2. The Hall–Kier alpha value is -0.260. The molecule has 1 amide bonds. The van der Waals surface area contributed by atoms with Crippen molar-refractivity contribution in [1.82, 2.24) is 5.32 Å². The number of nitrogens with one attached hydrogen (secondary N) is 1. The Morgan fingerprint density at radius 2 is 2.32 bits per heavy atom. The molecule has 1 saturated carbocycles. The maximum absolute atomic E-state index is 11.9. The monoisotopic (exact) mass is 288 g/mol. The summed E-state index contributed by atoms with van der Waals surface area (Å²) in [5.74, 6) is 2.34. The highest BCUT2D eigenvalue weighted by molar-refractivity contribution is 7.99. The van der Waals surface area contributed by atoms with E-state index in [4.69, 9.17) is 10.5 Å². The van der Waals surface area contributed by atoms with Crippen molar-refractivity contribution >= 4 is 17.7 Å². The number of amides is 1.